The van der Waals surface area contributed by atoms with Gasteiger partial charge in [-0.3, -0.25) is 18.9 Å². The number of rotatable bonds is 8. The molecule has 2 unspecified atom stereocenters. The molecule has 0 saturated heterocycles. The molecule has 1 amide bonds. The van der Waals surface area contributed by atoms with Crippen LogP contribution >= 0.6 is 23.2 Å². The minimum absolute atomic E-state index is 0.0188. The highest BCUT2D eigenvalue weighted by molar-refractivity contribution is 7.92. The van der Waals surface area contributed by atoms with Gasteiger partial charge in [-0.05, 0) is 49.3 Å². The van der Waals surface area contributed by atoms with Crippen LogP contribution in [0, 0.1) is 6.92 Å². The molecule has 2 rings (SSSR count). The average molecular weight is 605 g/mol. The minimum atomic E-state index is -5.08. The fourth-order valence-electron chi connectivity index (χ4n) is 2.69. The number of hydrogen-bond donors (Lipinski definition) is 5. The van der Waals surface area contributed by atoms with E-state index < -0.39 is 51.7 Å². The van der Waals surface area contributed by atoms with Crippen molar-refractivity contribution >= 4 is 56.7 Å². The number of primary amides is 1. The third kappa shape index (κ3) is 8.70. The Morgan fingerprint density at radius 2 is 1.68 bits per heavy atom. The summed E-state index contributed by atoms with van der Waals surface area (Å²) in [5.74, 6) is -4.08. The molecule has 0 saturated carbocycles. The van der Waals surface area contributed by atoms with Crippen LogP contribution in [0.2, 0.25) is 10.0 Å². The zero-order valence-corrected chi connectivity index (χ0v) is 21.7. The number of sulfonamides is 1. The van der Waals surface area contributed by atoms with Crippen LogP contribution in [0.4, 0.5) is 18.9 Å². The molecule has 2 atom stereocenters. The lowest BCUT2D eigenvalue weighted by Gasteiger charge is -2.24. The number of carboxylic acid groups (broad SMARTS) is 1. The summed E-state index contributed by atoms with van der Waals surface area (Å²) in [5, 5.41) is 10.7. The van der Waals surface area contributed by atoms with E-state index >= 15 is 0 Å². The molecular formula is C19H21Cl2F3N6O7S. The molecule has 0 spiro atoms. The van der Waals surface area contributed by atoms with Crippen molar-refractivity contribution in [2.24, 2.45) is 22.4 Å². The number of benzene rings is 1. The van der Waals surface area contributed by atoms with Crippen molar-refractivity contribution < 1.29 is 41.1 Å². The third-order valence-electron chi connectivity index (χ3n) is 4.35. The summed E-state index contributed by atoms with van der Waals surface area (Å²) in [6.07, 6.45) is -6.14. The number of nitrogens with one attached hydrogen (secondary N) is 1. The molecular weight excluding hydrogens is 584 g/mol. The summed E-state index contributed by atoms with van der Waals surface area (Å²) in [6.45, 7) is 2.95. The van der Waals surface area contributed by atoms with Crippen molar-refractivity contribution in [1.82, 2.24) is 4.57 Å². The summed E-state index contributed by atoms with van der Waals surface area (Å²) in [5.41, 5.74) is 15.0. The Labute approximate surface area is 223 Å². The van der Waals surface area contributed by atoms with Gasteiger partial charge in [-0.15, -0.1) is 0 Å². The van der Waals surface area contributed by atoms with E-state index in [1.807, 2.05) is 0 Å². The predicted molar refractivity (Wildman–Crippen MR) is 131 cm³/mol. The highest BCUT2D eigenvalue weighted by Crippen LogP contribution is 2.26. The maximum absolute atomic E-state index is 13.0. The molecule has 0 aliphatic carbocycles. The first-order chi connectivity index (χ1) is 17.3. The standard InChI is InChI=1S/C17H20Cl2N6O5S.C2HF3O2/c1-8-3-6-13(24-31(28,29)10-4-5-11(18)12(19)7-10)16(27)25(8)14(15(20)26)9(2)30-23-17(21)22;3-2(4,5)1(6)7/h3-7,9,14,24H,1-2H3,(H2,20,26)(H4,21,22,23);(H,6,7). The first kappa shape index (κ1) is 32.3. The van der Waals surface area contributed by atoms with E-state index in [0.29, 0.717) is 5.69 Å². The lowest BCUT2D eigenvalue weighted by molar-refractivity contribution is -0.192. The molecule has 0 radical (unpaired) electrons. The monoisotopic (exact) mass is 604 g/mol. The van der Waals surface area contributed by atoms with Crippen LogP contribution in [-0.2, 0) is 24.4 Å². The number of halogens is 5. The SMILES string of the molecule is Cc1ccc(NS(=O)(=O)c2ccc(Cl)c(Cl)c2)c(=O)n1C(C(N)=O)C(C)ON=C(N)N.O=C(O)C(F)(F)F. The van der Waals surface area contributed by atoms with Gasteiger partial charge in [-0.25, -0.2) is 13.2 Å². The number of nitrogens with zero attached hydrogens (tertiary/aromatic N) is 2. The number of guanidine groups is 1. The van der Waals surface area contributed by atoms with Gasteiger partial charge in [0.1, 0.15) is 5.69 Å². The molecule has 0 aliphatic rings. The van der Waals surface area contributed by atoms with E-state index in [-0.39, 0.29) is 20.6 Å². The Morgan fingerprint density at radius 3 is 2.13 bits per heavy atom. The Balaban J connectivity index is 0.000000905. The number of pyridine rings is 1. The van der Waals surface area contributed by atoms with Crippen LogP contribution in [0.3, 0.4) is 0 Å². The summed E-state index contributed by atoms with van der Waals surface area (Å²) >= 11 is 11.7. The Kier molecular flexibility index (Phi) is 10.8. The number of anilines is 1. The number of nitrogens with two attached hydrogens (primary N) is 3. The van der Waals surface area contributed by atoms with Gasteiger partial charge in [0.2, 0.25) is 11.9 Å². The van der Waals surface area contributed by atoms with Crippen LogP contribution in [0.5, 0.6) is 0 Å². The lowest BCUT2D eigenvalue weighted by Crippen LogP contribution is -2.42. The highest BCUT2D eigenvalue weighted by atomic mass is 35.5. The fraction of sp³-hybridized carbons (Fsp3) is 0.263. The van der Waals surface area contributed by atoms with Crippen molar-refractivity contribution in [3.05, 3.63) is 56.4 Å². The van der Waals surface area contributed by atoms with Gasteiger partial charge in [0, 0.05) is 5.69 Å². The fourth-order valence-corrected chi connectivity index (χ4v) is 4.13. The van der Waals surface area contributed by atoms with Gasteiger partial charge >= 0.3 is 12.1 Å². The van der Waals surface area contributed by atoms with Crippen molar-refractivity contribution in [1.29, 1.82) is 0 Å². The smallest absolute Gasteiger partial charge is 0.475 e. The molecule has 0 aliphatic heterocycles. The number of aromatic nitrogens is 1. The zero-order valence-electron chi connectivity index (χ0n) is 19.4. The lowest BCUT2D eigenvalue weighted by atomic mass is 10.1. The van der Waals surface area contributed by atoms with Gasteiger partial charge in [-0.2, -0.15) is 13.2 Å². The topological polar surface area (TPSA) is 222 Å². The molecule has 0 bridgehead atoms. The maximum atomic E-state index is 13.0. The number of aliphatic carboxylic acids is 1. The summed E-state index contributed by atoms with van der Waals surface area (Å²) in [4.78, 5) is 38.8. The van der Waals surface area contributed by atoms with Gasteiger partial charge < -0.3 is 27.1 Å². The molecule has 1 aromatic heterocycles. The first-order valence-corrected chi connectivity index (χ1v) is 12.1. The van der Waals surface area contributed by atoms with Crippen LogP contribution < -0.4 is 27.5 Å². The van der Waals surface area contributed by atoms with Crippen molar-refractivity contribution in [2.45, 2.75) is 37.1 Å². The van der Waals surface area contributed by atoms with Gasteiger partial charge in [0.15, 0.2) is 12.1 Å². The van der Waals surface area contributed by atoms with Crippen LogP contribution in [0.15, 0.2) is 45.2 Å². The minimum Gasteiger partial charge on any atom is -0.475 e. The number of carboxylic acids is 1. The number of aryl methyl sites for hydroxylation is 1. The van der Waals surface area contributed by atoms with Crippen molar-refractivity contribution in [2.75, 3.05) is 4.72 Å². The highest BCUT2D eigenvalue weighted by Gasteiger charge is 2.38. The number of carbonyl (C=O) groups is 2. The summed E-state index contributed by atoms with van der Waals surface area (Å²) < 4.78 is 60.3. The molecule has 2 aromatic rings. The van der Waals surface area contributed by atoms with E-state index in [9.17, 15) is 31.2 Å². The second-order valence-electron chi connectivity index (χ2n) is 7.22. The van der Waals surface area contributed by atoms with Gasteiger partial charge in [0.05, 0.1) is 14.9 Å². The molecule has 19 heteroatoms. The van der Waals surface area contributed by atoms with Crippen molar-refractivity contribution in [3.8, 4) is 0 Å². The second kappa shape index (κ2) is 12.7. The Bertz CT molecular complexity index is 1400. The maximum Gasteiger partial charge on any atom is 0.490 e. The second-order valence-corrected chi connectivity index (χ2v) is 9.72. The zero-order chi connectivity index (χ0) is 29.6. The van der Waals surface area contributed by atoms with Crippen LogP contribution in [-0.4, -0.2) is 48.2 Å². The van der Waals surface area contributed by atoms with Gasteiger partial charge in [0.25, 0.3) is 15.6 Å². The van der Waals surface area contributed by atoms with Crippen LogP contribution in [0.25, 0.3) is 0 Å². The van der Waals surface area contributed by atoms with E-state index in [4.69, 9.17) is 55.1 Å². The number of hydrogen-bond acceptors (Lipinski definition) is 7. The van der Waals surface area contributed by atoms with Gasteiger partial charge in [-0.1, -0.05) is 23.2 Å². The molecule has 38 heavy (non-hydrogen) atoms. The normalized spacial score (nSPS) is 12.8. The van der Waals surface area contributed by atoms with Crippen molar-refractivity contribution in [3.63, 3.8) is 0 Å². The molecule has 210 valence electrons. The first-order valence-electron chi connectivity index (χ1n) is 9.83. The van der Waals surface area contributed by atoms with E-state index in [2.05, 4.69) is 9.88 Å². The molecule has 1 aromatic carbocycles. The number of carbonyl (C=O) groups excluding carboxylic acids is 1. The predicted octanol–water partition coefficient (Wildman–Crippen LogP) is 1.52. The summed E-state index contributed by atoms with van der Waals surface area (Å²) in [7, 11) is -4.20. The molecule has 1 heterocycles. The number of alkyl halides is 3. The Hall–Kier alpha value is -3.70. The number of amides is 1. The largest absolute Gasteiger partial charge is 0.490 e. The quantitative estimate of drug-likeness (QED) is 0.167. The summed E-state index contributed by atoms with van der Waals surface area (Å²) in [6, 6.07) is 5.00. The average Bonchev–Trinajstić information content (AvgIpc) is 2.78. The molecule has 8 N–H and O–H groups in total. The van der Waals surface area contributed by atoms with Crippen LogP contribution in [0.1, 0.15) is 18.7 Å². The molecule has 0 fully saturated rings. The van der Waals surface area contributed by atoms with E-state index in [1.54, 1.807) is 0 Å². The Morgan fingerprint density at radius 1 is 1.13 bits per heavy atom. The number of oxime groups is 1. The molecule has 13 nitrogen and oxygen atoms in total. The third-order valence-corrected chi connectivity index (χ3v) is 6.45. The van der Waals surface area contributed by atoms with E-state index in [0.717, 1.165) is 10.6 Å². The van der Waals surface area contributed by atoms with E-state index in [1.165, 1.54) is 38.1 Å².